The van der Waals surface area contributed by atoms with Crippen LogP contribution in [0.15, 0.2) is 42.5 Å². The maximum absolute atomic E-state index is 13.9. The van der Waals surface area contributed by atoms with Crippen LogP contribution >= 0.6 is 11.8 Å². The van der Waals surface area contributed by atoms with Gasteiger partial charge >= 0.3 is 5.97 Å². The number of carbonyl (C=O) groups excluding carboxylic acids is 3. The highest BCUT2D eigenvalue weighted by molar-refractivity contribution is 7.98. The number of rotatable bonds is 6. The molecular weight excluding hydrogens is 472 g/mol. The number of hydrogen-bond donors (Lipinski definition) is 2. The number of anilines is 1. The Bertz CT molecular complexity index is 1170. The van der Waals surface area contributed by atoms with E-state index >= 15 is 0 Å². The van der Waals surface area contributed by atoms with Gasteiger partial charge in [0.05, 0.1) is 24.6 Å². The van der Waals surface area contributed by atoms with Gasteiger partial charge in [0.2, 0.25) is 11.8 Å². The number of imide groups is 1. The predicted octanol–water partition coefficient (Wildman–Crippen LogP) is 2.28. The second-order valence-corrected chi connectivity index (χ2v) is 9.75. The number of phenolic OH excluding ortho intramolecular Hbond substituents is 1. The zero-order chi connectivity index (χ0) is 24.7. The topological polar surface area (TPSA) is 114 Å². The number of nitrogens with zero attached hydrogens (tertiary/aromatic N) is 1. The van der Waals surface area contributed by atoms with Crippen LogP contribution in [0.5, 0.6) is 17.2 Å². The molecule has 9 nitrogen and oxygen atoms in total. The van der Waals surface area contributed by atoms with Crippen molar-refractivity contribution in [3.05, 3.63) is 48.0 Å². The maximum atomic E-state index is 13.9. The van der Waals surface area contributed by atoms with Crippen LogP contribution in [0.3, 0.4) is 0 Å². The molecule has 10 heteroatoms. The van der Waals surface area contributed by atoms with Gasteiger partial charge in [0.1, 0.15) is 24.5 Å². The highest BCUT2D eigenvalue weighted by Gasteiger charge is 2.68. The molecule has 2 saturated heterocycles. The van der Waals surface area contributed by atoms with Crippen LogP contribution < -0.4 is 19.7 Å². The second-order valence-electron chi connectivity index (χ2n) is 8.76. The zero-order valence-electron chi connectivity index (χ0n) is 19.4. The average Bonchev–Trinajstić information content (AvgIpc) is 3.36. The summed E-state index contributed by atoms with van der Waals surface area (Å²) in [5, 5.41) is 13.1. The molecule has 4 atom stereocenters. The molecule has 0 radical (unpaired) electrons. The second kappa shape index (κ2) is 9.09. The first-order valence-corrected chi connectivity index (χ1v) is 12.7. The van der Waals surface area contributed by atoms with Gasteiger partial charge < -0.3 is 19.3 Å². The molecule has 35 heavy (non-hydrogen) atoms. The zero-order valence-corrected chi connectivity index (χ0v) is 20.2. The van der Waals surface area contributed by atoms with Gasteiger partial charge in [0, 0.05) is 12.1 Å². The molecule has 2 aromatic rings. The maximum Gasteiger partial charge on any atom is 0.326 e. The van der Waals surface area contributed by atoms with Crippen LogP contribution in [-0.4, -0.2) is 60.8 Å². The molecule has 3 heterocycles. The van der Waals surface area contributed by atoms with E-state index in [9.17, 15) is 19.5 Å². The summed E-state index contributed by atoms with van der Waals surface area (Å²) in [6.07, 6.45) is 2.22. The minimum absolute atomic E-state index is 0.0802. The molecule has 0 spiro atoms. The monoisotopic (exact) mass is 498 g/mol. The summed E-state index contributed by atoms with van der Waals surface area (Å²) in [5.41, 5.74) is -0.315. The minimum Gasteiger partial charge on any atom is -0.508 e. The van der Waals surface area contributed by atoms with Gasteiger partial charge in [-0.2, -0.15) is 11.8 Å². The Hall–Kier alpha value is -3.24. The molecule has 0 aliphatic carbocycles. The summed E-state index contributed by atoms with van der Waals surface area (Å²) in [7, 11) is 1.29. The Morgan fingerprint density at radius 1 is 1.14 bits per heavy atom. The minimum atomic E-state index is -1.37. The Morgan fingerprint density at radius 3 is 2.54 bits per heavy atom. The molecule has 0 saturated carbocycles. The average molecular weight is 499 g/mol. The van der Waals surface area contributed by atoms with E-state index in [4.69, 9.17) is 14.2 Å². The highest BCUT2D eigenvalue weighted by Crippen LogP contribution is 2.52. The van der Waals surface area contributed by atoms with E-state index in [2.05, 4.69) is 5.32 Å². The molecule has 5 rings (SSSR count). The number of fused-ring (bicyclic) bond motifs is 2. The van der Waals surface area contributed by atoms with Crippen LogP contribution in [0.2, 0.25) is 0 Å². The van der Waals surface area contributed by atoms with Gasteiger partial charge in [-0.1, -0.05) is 12.1 Å². The first-order chi connectivity index (χ1) is 16.9. The molecule has 184 valence electrons. The smallest absolute Gasteiger partial charge is 0.326 e. The Kier molecular flexibility index (Phi) is 6.10. The molecule has 2 fully saturated rings. The van der Waals surface area contributed by atoms with Gasteiger partial charge in [-0.25, -0.2) is 4.90 Å². The SMILES string of the molecule is COC(=O)[C@]1(CCSC)N[C@H](c2ccc(O)cc2)[C@@H]2C(=O)N(c3ccc4c(c3)OCCO4)C(=O)[C@H]21. The molecule has 0 bridgehead atoms. The van der Waals surface area contributed by atoms with Crippen molar-refractivity contribution in [3.8, 4) is 17.2 Å². The van der Waals surface area contributed by atoms with E-state index in [-0.39, 0.29) is 5.75 Å². The van der Waals surface area contributed by atoms with Crippen molar-refractivity contribution in [2.24, 2.45) is 11.8 Å². The Labute approximate surface area is 206 Å². The molecule has 2 amide bonds. The molecule has 2 N–H and O–H groups in total. The number of hydrogen-bond acceptors (Lipinski definition) is 9. The Morgan fingerprint density at radius 2 is 1.86 bits per heavy atom. The van der Waals surface area contributed by atoms with Crippen molar-refractivity contribution in [1.29, 1.82) is 0 Å². The number of benzene rings is 2. The van der Waals surface area contributed by atoms with Gasteiger partial charge in [-0.3, -0.25) is 19.7 Å². The fourth-order valence-corrected chi connectivity index (χ4v) is 5.89. The summed E-state index contributed by atoms with van der Waals surface area (Å²) in [4.78, 5) is 42.2. The number of nitrogens with one attached hydrogen (secondary N) is 1. The van der Waals surface area contributed by atoms with Crippen molar-refractivity contribution >= 4 is 35.2 Å². The van der Waals surface area contributed by atoms with Crippen LogP contribution in [0.25, 0.3) is 0 Å². The quantitative estimate of drug-likeness (QED) is 0.457. The molecule has 0 unspecified atom stereocenters. The van der Waals surface area contributed by atoms with Crippen LogP contribution in [-0.2, 0) is 19.1 Å². The lowest BCUT2D eigenvalue weighted by atomic mass is 9.78. The fourth-order valence-electron chi connectivity index (χ4n) is 5.36. The first kappa shape index (κ1) is 23.5. The third kappa shape index (κ3) is 3.71. The first-order valence-electron chi connectivity index (χ1n) is 11.3. The molecular formula is C25H26N2O7S. The van der Waals surface area contributed by atoms with E-state index in [0.29, 0.717) is 48.1 Å². The predicted molar refractivity (Wildman–Crippen MR) is 129 cm³/mol. The van der Waals surface area contributed by atoms with Crippen molar-refractivity contribution in [2.75, 3.05) is 37.2 Å². The summed E-state index contributed by atoms with van der Waals surface area (Å²) >= 11 is 1.54. The van der Waals surface area contributed by atoms with Crippen LogP contribution in [0, 0.1) is 11.8 Å². The number of carbonyl (C=O) groups is 3. The lowest BCUT2D eigenvalue weighted by molar-refractivity contribution is -0.152. The third-order valence-corrected chi connectivity index (χ3v) is 7.55. The number of phenols is 1. The van der Waals surface area contributed by atoms with Crippen LogP contribution in [0.1, 0.15) is 18.0 Å². The standard InChI is InChI=1S/C25H26N2O7S/c1-32-24(31)25(9-12-35-2)20-19(21(26-25)14-3-6-16(28)7-4-14)22(29)27(23(20)30)15-5-8-17-18(13-15)34-11-10-33-17/h3-8,13,19-21,26,28H,9-12H2,1-2H3/t19-,20+,21-,25-/m1/s1. The van der Waals surface area contributed by atoms with E-state index in [1.54, 1.807) is 42.1 Å². The summed E-state index contributed by atoms with van der Waals surface area (Å²) in [6.45, 7) is 0.797. The van der Waals surface area contributed by atoms with Crippen molar-refractivity contribution < 1.29 is 33.7 Å². The third-order valence-electron chi connectivity index (χ3n) is 6.94. The summed E-state index contributed by atoms with van der Waals surface area (Å²) in [5.74, 6) is -1.56. The van der Waals surface area contributed by atoms with Gasteiger partial charge in [0.15, 0.2) is 11.5 Å². The normalized spacial score (nSPS) is 27.1. The lowest BCUT2D eigenvalue weighted by Gasteiger charge is -2.32. The molecule has 0 aromatic heterocycles. The molecule has 3 aliphatic rings. The fraction of sp³-hybridized carbons (Fsp3) is 0.400. The van der Waals surface area contributed by atoms with Crippen molar-refractivity contribution in [2.45, 2.75) is 18.0 Å². The molecule has 2 aromatic carbocycles. The Balaban J connectivity index is 1.61. The molecule has 3 aliphatic heterocycles. The van der Waals surface area contributed by atoms with Gasteiger partial charge in [-0.15, -0.1) is 0 Å². The van der Waals surface area contributed by atoms with Crippen molar-refractivity contribution in [3.63, 3.8) is 0 Å². The van der Waals surface area contributed by atoms with Crippen molar-refractivity contribution in [1.82, 2.24) is 5.32 Å². The van der Waals surface area contributed by atoms with Gasteiger partial charge in [0.25, 0.3) is 0 Å². The highest BCUT2D eigenvalue weighted by atomic mass is 32.2. The van der Waals surface area contributed by atoms with E-state index in [1.165, 1.54) is 19.2 Å². The number of amides is 2. The van der Waals surface area contributed by atoms with E-state index < -0.39 is 41.2 Å². The number of aromatic hydroxyl groups is 1. The number of thioether (sulfide) groups is 1. The van der Waals surface area contributed by atoms with Gasteiger partial charge in [-0.05, 0) is 48.3 Å². The van der Waals surface area contributed by atoms with Crippen LogP contribution in [0.4, 0.5) is 5.69 Å². The van der Waals surface area contributed by atoms with E-state index in [1.807, 2.05) is 6.26 Å². The summed E-state index contributed by atoms with van der Waals surface area (Å²) < 4.78 is 16.4. The summed E-state index contributed by atoms with van der Waals surface area (Å²) in [6, 6.07) is 10.7. The number of ether oxygens (including phenoxy) is 3. The number of methoxy groups -OCH3 is 1. The van der Waals surface area contributed by atoms with E-state index in [0.717, 1.165) is 4.90 Å². The largest absolute Gasteiger partial charge is 0.508 e. The number of esters is 1. The lowest BCUT2D eigenvalue weighted by Crippen LogP contribution is -2.56.